The Kier molecular flexibility index (Phi) is 10.5. The molecule has 154 valence electrons. The number of anilines is 1. The molecule has 0 spiro atoms. The van der Waals surface area contributed by atoms with E-state index in [2.05, 4.69) is 10.2 Å². The number of ether oxygens (including phenoxy) is 1. The zero-order chi connectivity index (χ0) is 17.6. The first-order valence-electron chi connectivity index (χ1n) is 9.64. The van der Waals surface area contributed by atoms with Crippen LogP contribution in [0, 0.1) is 18.8 Å². The molecule has 5 nitrogen and oxygen atoms in total. The molecule has 1 aromatic carbocycles. The summed E-state index contributed by atoms with van der Waals surface area (Å²) in [5.74, 6) is 1.39. The highest BCUT2D eigenvalue weighted by atomic mass is 35.5. The van der Waals surface area contributed by atoms with E-state index in [1.165, 1.54) is 25.9 Å². The fraction of sp³-hybridized carbons (Fsp3) is 0.650. The van der Waals surface area contributed by atoms with Crippen LogP contribution in [0.15, 0.2) is 18.2 Å². The summed E-state index contributed by atoms with van der Waals surface area (Å²) in [6, 6.07) is 5.89. The average Bonchev–Trinajstić information content (AvgIpc) is 3.27. The first-order valence-corrected chi connectivity index (χ1v) is 9.64. The second-order valence-corrected chi connectivity index (χ2v) is 7.40. The van der Waals surface area contributed by atoms with Gasteiger partial charge in [0.25, 0.3) is 0 Å². The summed E-state index contributed by atoms with van der Waals surface area (Å²) >= 11 is 0. The monoisotopic (exact) mass is 417 g/mol. The van der Waals surface area contributed by atoms with E-state index >= 15 is 0 Å². The number of nitrogens with zero attached hydrogens (tertiary/aromatic N) is 1. The minimum atomic E-state index is 0. The molecule has 1 saturated carbocycles. The SMILES string of the molecule is Cc1cc(NC(=O)[C@@H]2CCC[C@@H]2CN)ccc1OCCN1CCCC1.Cl.Cl. The van der Waals surface area contributed by atoms with Gasteiger partial charge in [0.1, 0.15) is 12.4 Å². The number of likely N-dealkylation sites (tertiary alicyclic amines) is 1. The minimum Gasteiger partial charge on any atom is -0.492 e. The Hall–Kier alpha value is -1.01. The van der Waals surface area contributed by atoms with Gasteiger partial charge in [-0.05, 0) is 81.9 Å². The summed E-state index contributed by atoms with van der Waals surface area (Å²) in [6.07, 6.45) is 5.73. The molecule has 1 aromatic rings. The van der Waals surface area contributed by atoms with Crippen molar-refractivity contribution in [1.29, 1.82) is 0 Å². The summed E-state index contributed by atoms with van der Waals surface area (Å²) in [6.45, 7) is 6.71. The first kappa shape index (κ1) is 24.0. The van der Waals surface area contributed by atoms with Crippen molar-refractivity contribution in [2.75, 3.05) is 38.1 Å². The fourth-order valence-electron chi connectivity index (χ4n) is 4.08. The zero-order valence-electron chi connectivity index (χ0n) is 16.1. The molecule has 3 N–H and O–H groups in total. The maximum Gasteiger partial charge on any atom is 0.227 e. The fourth-order valence-corrected chi connectivity index (χ4v) is 4.08. The number of hydrogen-bond donors (Lipinski definition) is 2. The second-order valence-electron chi connectivity index (χ2n) is 7.40. The Morgan fingerprint density at radius 2 is 1.96 bits per heavy atom. The topological polar surface area (TPSA) is 67.6 Å². The lowest BCUT2D eigenvalue weighted by Crippen LogP contribution is -2.29. The summed E-state index contributed by atoms with van der Waals surface area (Å²) < 4.78 is 5.92. The number of nitrogens with two attached hydrogens (primary N) is 1. The van der Waals surface area contributed by atoms with Crippen molar-refractivity contribution in [3.05, 3.63) is 23.8 Å². The Labute approximate surface area is 175 Å². The molecular weight excluding hydrogens is 385 g/mol. The number of nitrogens with one attached hydrogen (secondary N) is 1. The third-order valence-electron chi connectivity index (χ3n) is 5.60. The van der Waals surface area contributed by atoms with Gasteiger partial charge in [-0.1, -0.05) is 6.42 Å². The van der Waals surface area contributed by atoms with Crippen molar-refractivity contribution < 1.29 is 9.53 Å². The van der Waals surface area contributed by atoms with Crippen molar-refractivity contribution in [2.24, 2.45) is 17.6 Å². The van der Waals surface area contributed by atoms with Crippen molar-refractivity contribution in [1.82, 2.24) is 4.90 Å². The van der Waals surface area contributed by atoms with E-state index < -0.39 is 0 Å². The van der Waals surface area contributed by atoms with Gasteiger partial charge < -0.3 is 15.8 Å². The molecule has 1 saturated heterocycles. The van der Waals surface area contributed by atoms with Crippen molar-refractivity contribution >= 4 is 36.4 Å². The van der Waals surface area contributed by atoms with E-state index in [9.17, 15) is 4.79 Å². The number of rotatable bonds is 7. The van der Waals surface area contributed by atoms with Crippen LogP contribution in [0.4, 0.5) is 5.69 Å². The molecule has 2 fully saturated rings. The standard InChI is InChI=1S/C20H31N3O2.2ClH/c1-15-13-17(22-20(24)18-6-4-5-16(18)14-21)7-8-19(15)25-12-11-23-9-2-3-10-23;;/h7-8,13,16,18H,2-6,9-12,14,21H2,1H3,(H,22,24);2*1H/t16-,18-;;/m1../s1. The maximum atomic E-state index is 12.5. The quantitative estimate of drug-likeness (QED) is 0.710. The molecule has 1 aliphatic carbocycles. The second kappa shape index (κ2) is 11.7. The molecule has 27 heavy (non-hydrogen) atoms. The molecule has 0 bridgehead atoms. The Morgan fingerprint density at radius 3 is 2.63 bits per heavy atom. The number of amides is 1. The molecular formula is C20H33Cl2N3O2. The van der Waals surface area contributed by atoms with Gasteiger partial charge in [-0.3, -0.25) is 9.69 Å². The maximum absolute atomic E-state index is 12.5. The number of benzene rings is 1. The predicted molar refractivity (Wildman–Crippen MR) is 115 cm³/mol. The summed E-state index contributed by atoms with van der Waals surface area (Å²) in [7, 11) is 0. The van der Waals surface area contributed by atoms with Crippen molar-refractivity contribution in [3.63, 3.8) is 0 Å². The summed E-state index contributed by atoms with van der Waals surface area (Å²) in [5, 5.41) is 3.06. The number of halogens is 2. The highest BCUT2D eigenvalue weighted by Crippen LogP contribution is 2.32. The van der Waals surface area contributed by atoms with Crippen molar-refractivity contribution in [3.8, 4) is 5.75 Å². The van der Waals surface area contributed by atoms with E-state index in [0.717, 1.165) is 42.8 Å². The third kappa shape index (κ3) is 6.53. The van der Waals surface area contributed by atoms with E-state index in [1.807, 2.05) is 25.1 Å². The van der Waals surface area contributed by atoms with Crippen LogP contribution in [0.1, 0.15) is 37.7 Å². The first-order chi connectivity index (χ1) is 12.2. The van der Waals surface area contributed by atoms with Crippen LogP contribution in [-0.4, -0.2) is 43.6 Å². The van der Waals surface area contributed by atoms with Crippen LogP contribution in [0.3, 0.4) is 0 Å². The number of carbonyl (C=O) groups excluding carboxylic acids is 1. The summed E-state index contributed by atoms with van der Waals surface area (Å²) in [4.78, 5) is 14.9. The number of carbonyl (C=O) groups is 1. The lowest BCUT2D eigenvalue weighted by molar-refractivity contribution is -0.120. The van der Waals surface area contributed by atoms with Gasteiger partial charge in [-0.15, -0.1) is 24.8 Å². The van der Waals surface area contributed by atoms with Gasteiger partial charge in [0.15, 0.2) is 0 Å². The molecule has 1 heterocycles. The normalized spacial score (nSPS) is 22.0. The van der Waals surface area contributed by atoms with Crippen molar-refractivity contribution in [2.45, 2.75) is 39.0 Å². The number of hydrogen-bond acceptors (Lipinski definition) is 4. The van der Waals surface area contributed by atoms with E-state index in [-0.39, 0.29) is 36.6 Å². The Balaban J connectivity index is 0.00000182. The summed E-state index contributed by atoms with van der Waals surface area (Å²) in [5.41, 5.74) is 7.69. The number of aryl methyl sites for hydroxylation is 1. The lowest BCUT2D eigenvalue weighted by atomic mass is 9.95. The molecule has 2 atom stereocenters. The van der Waals surface area contributed by atoms with E-state index in [1.54, 1.807) is 0 Å². The Bertz CT molecular complexity index is 595. The molecule has 1 aliphatic heterocycles. The molecule has 7 heteroatoms. The molecule has 0 radical (unpaired) electrons. The van der Waals surface area contributed by atoms with Gasteiger partial charge in [-0.25, -0.2) is 0 Å². The van der Waals surface area contributed by atoms with Gasteiger partial charge in [0.2, 0.25) is 5.91 Å². The Morgan fingerprint density at radius 1 is 1.22 bits per heavy atom. The molecule has 3 rings (SSSR count). The van der Waals surface area contributed by atoms with Crippen LogP contribution >= 0.6 is 24.8 Å². The van der Waals surface area contributed by atoms with E-state index in [0.29, 0.717) is 19.1 Å². The highest BCUT2D eigenvalue weighted by molar-refractivity contribution is 5.93. The largest absolute Gasteiger partial charge is 0.492 e. The van der Waals surface area contributed by atoms with Crippen LogP contribution in [0.2, 0.25) is 0 Å². The smallest absolute Gasteiger partial charge is 0.227 e. The lowest BCUT2D eigenvalue weighted by Gasteiger charge is -2.18. The molecule has 1 amide bonds. The van der Waals surface area contributed by atoms with Gasteiger partial charge in [0.05, 0.1) is 0 Å². The molecule has 2 aliphatic rings. The third-order valence-corrected chi connectivity index (χ3v) is 5.60. The molecule has 0 aromatic heterocycles. The van der Waals surface area contributed by atoms with Gasteiger partial charge in [-0.2, -0.15) is 0 Å². The van der Waals surface area contributed by atoms with Crippen LogP contribution < -0.4 is 15.8 Å². The van der Waals surface area contributed by atoms with Gasteiger partial charge in [0, 0.05) is 18.2 Å². The van der Waals surface area contributed by atoms with Crippen LogP contribution in [0.5, 0.6) is 5.75 Å². The van der Waals surface area contributed by atoms with Gasteiger partial charge >= 0.3 is 0 Å². The average molecular weight is 418 g/mol. The van der Waals surface area contributed by atoms with Crippen LogP contribution in [-0.2, 0) is 4.79 Å². The molecule has 0 unspecified atom stereocenters. The highest BCUT2D eigenvalue weighted by Gasteiger charge is 2.31. The minimum absolute atomic E-state index is 0. The zero-order valence-corrected chi connectivity index (χ0v) is 17.7. The van der Waals surface area contributed by atoms with Crippen LogP contribution in [0.25, 0.3) is 0 Å². The van der Waals surface area contributed by atoms with E-state index in [4.69, 9.17) is 10.5 Å². The predicted octanol–water partition coefficient (Wildman–Crippen LogP) is 3.63.